The number of amides is 1. The third-order valence-electron chi connectivity index (χ3n) is 3.58. The van der Waals surface area contributed by atoms with Crippen molar-refractivity contribution >= 4 is 23.4 Å². The zero-order valence-electron chi connectivity index (χ0n) is 11.8. The normalized spacial score (nSPS) is 22.6. The first-order chi connectivity index (χ1) is 9.69. The monoisotopic (exact) mass is 288 g/mol. The van der Waals surface area contributed by atoms with Gasteiger partial charge in [0.25, 0.3) is 0 Å². The Balaban J connectivity index is 2.01. The second kappa shape index (κ2) is 7.35. The Morgan fingerprint density at radius 2 is 1.95 bits per heavy atom. The van der Waals surface area contributed by atoms with Gasteiger partial charge in [0.15, 0.2) is 0 Å². The van der Waals surface area contributed by atoms with Crippen molar-refractivity contribution in [2.45, 2.75) is 49.2 Å². The molecular weight excluding hydrogens is 268 g/mol. The van der Waals surface area contributed by atoms with Crippen LogP contribution in [0.5, 0.6) is 0 Å². The molecule has 1 fully saturated rings. The molecule has 1 aliphatic rings. The van der Waals surface area contributed by atoms with Gasteiger partial charge in [-0.25, -0.2) is 0 Å². The minimum atomic E-state index is -0.0567. The molecule has 1 aliphatic carbocycles. The molecule has 1 amide bonds. The summed E-state index contributed by atoms with van der Waals surface area (Å²) in [5.41, 5.74) is 0.819. The highest BCUT2D eigenvalue weighted by atomic mass is 32.2. The molecule has 3 nitrogen and oxygen atoms in total. The molecule has 2 rings (SSSR count). The molecule has 0 spiro atoms. The smallest absolute Gasteiger partial charge is 0.221 e. The van der Waals surface area contributed by atoms with E-state index in [0.29, 0.717) is 5.25 Å². The second-order valence-electron chi connectivity index (χ2n) is 5.24. The van der Waals surface area contributed by atoms with Crippen molar-refractivity contribution in [1.82, 2.24) is 0 Å². The summed E-state index contributed by atoms with van der Waals surface area (Å²) in [6.07, 6.45) is 5.79. The summed E-state index contributed by atoms with van der Waals surface area (Å²) in [5.74, 6) is 0.108. The van der Waals surface area contributed by atoms with Gasteiger partial charge < -0.3 is 5.32 Å². The maximum atomic E-state index is 11.0. The number of nitriles is 1. The lowest BCUT2D eigenvalue weighted by molar-refractivity contribution is -0.114. The van der Waals surface area contributed by atoms with Crippen LogP contribution in [-0.2, 0) is 4.79 Å². The maximum Gasteiger partial charge on any atom is 0.221 e. The molecule has 106 valence electrons. The van der Waals surface area contributed by atoms with Crippen molar-refractivity contribution in [3.63, 3.8) is 0 Å². The summed E-state index contributed by atoms with van der Waals surface area (Å²) in [6, 6.07) is 10.4. The summed E-state index contributed by atoms with van der Waals surface area (Å²) >= 11 is 1.80. The average Bonchev–Trinajstić information content (AvgIpc) is 2.65. The van der Waals surface area contributed by atoms with Crippen LogP contribution in [0.3, 0.4) is 0 Å². The van der Waals surface area contributed by atoms with Crippen LogP contribution in [0.15, 0.2) is 29.2 Å². The summed E-state index contributed by atoms with van der Waals surface area (Å²) in [7, 11) is 0. The van der Waals surface area contributed by atoms with Crippen LogP contribution >= 0.6 is 11.8 Å². The van der Waals surface area contributed by atoms with E-state index in [4.69, 9.17) is 0 Å². The zero-order valence-corrected chi connectivity index (χ0v) is 12.6. The predicted octanol–water partition coefficient (Wildman–Crippen LogP) is 4.21. The van der Waals surface area contributed by atoms with Crippen molar-refractivity contribution in [2.75, 3.05) is 5.32 Å². The van der Waals surface area contributed by atoms with Gasteiger partial charge in [-0.15, -0.1) is 11.8 Å². The van der Waals surface area contributed by atoms with Crippen LogP contribution in [0.25, 0.3) is 0 Å². The van der Waals surface area contributed by atoms with E-state index in [0.717, 1.165) is 18.5 Å². The Bertz CT molecular complexity index is 492. The van der Waals surface area contributed by atoms with Crippen LogP contribution < -0.4 is 5.32 Å². The Morgan fingerprint density at radius 3 is 2.60 bits per heavy atom. The molecule has 2 unspecified atom stereocenters. The Kier molecular flexibility index (Phi) is 5.49. The Labute approximate surface area is 124 Å². The van der Waals surface area contributed by atoms with E-state index in [1.807, 2.05) is 24.3 Å². The van der Waals surface area contributed by atoms with Crippen molar-refractivity contribution in [3.8, 4) is 6.07 Å². The van der Waals surface area contributed by atoms with Gasteiger partial charge in [0.05, 0.1) is 12.0 Å². The highest BCUT2D eigenvalue weighted by Crippen LogP contribution is 2.36. The number of nitrogens with zero attached hydrogens (tertiary/aromatic N) is 1. The first-order valence-electron chi connectivity index (χ1n) is 7.13. The topological polar surface area (TPSA) is 52.9 Å². The van der Waals surface area contributed by atoms with E-state index in [2.05, 4.69) is 11.4 Å². The van der Waals surface area contributed by atoms with Crippen LogP contribution in [0.4, 0.5) is 5.69 Å². The number of thioether (sulfide) groups is 1. The molecule has 0 aliphatic heterocycles. The molecule has 20 heavy (non-hydrogen) atoms. The molecule has 0 saturated heterocycles. The number of rotatable bonds is 3. The number of carbonyl (C=O) groups is 1. The van der Waals surface area contributed by atoms with Crippen LogP contribution in [-0.4, -0.2) is 11.2 Å². The Morgan fingerprint density at radius 1 is 1.25 bits per heavy atom. The molecule has 0 aromatic heterocycles. The van der Waals surface area contributed by atoms with Gasteiger partial charge in [-0.3, -0.25) is 4.79 Å². The molecule has 2 atom stereocenters. The largest absolute Gasteiger partial charge is 0.326 e. The van der Waals surface area contributed by atoms with E-state index in [-0.39, 0.29) is 11.8 Å². The van der Waals surface area contributed by atoms with Crippen LogP contribution in [0.2, 0.25) is 0 Å². The number of carbonyl (C=O) groups excluding carboxylic acids is 1. The first-order valence-corrected chi connectivity index (χ1v) is 8.01. The predicted molar refractivity (Wildman–Crippen MR) is 82.6 cm³/mol. The third kappa shape index (κ3) is 4.28. The lowest BCUT2D eigenvalue weighted by Gasteiger charge is -2.18. The second-order valence-corrected chi connectivity index (χ2v) is 6.55. The summed E-state index contributed by atoms with van der Waals surface area (Å²) in [5, 5.41) is 12.5. The van der Waals surface area contributed by atoms with E-state index in [9.17, 15) is 10.1 Å². The van der Waals surface area contributed by atoms with Crippen molar-refractivity contribution < 1.29 is 4.79 Å². The lowest BCUT2D eigenvalue weighted by atomic mass is 10.0. The van der Waals surface area contributed by atoms with E-state index in [1.165, 1.54) is 31.1 Å². The molecule has 4 heteroatoms. The minimum Gasteiger partial charge on any atom is -0.326 e. The molecule has 1 aromatic rings. The number of hydrogen-bond donors (Lipinski definition) is 1. The van der Waals surface area contributed by atoms with Crippen molar-refractivity contribution in [2.24, 2.45) is 5.92 Å². The SMILES string of the molecule is CC(=O)Nc1ccc(SC2CCCCCC2C#N)cc1. The van der Waals surface area contributed by atoms with Crippen LogP contribution in [0.1, 0.15) is 39.0 Å². The quantitative estimate of drug-likeness (QED) is 0.848. The van der Waals surface area contributed by atoms with Crippen LogP contribution in [0, 0.1) is 17.2 Å². The number of hydrogen-bond acceptors (Lipinski definition) is 3. The van der Waals surface area contributed by atoms with Crippen molar-refractivity contribution in [1.29, 1.82) is 5.26 Å². The van der Waals surface area contributed by atoms with Gasteiger partial charge in [0.1, 0.15) is 0 Å². The van der Waals surface area contributed by atoms with Gasteiger partial charge in [-0.05, 0) is 37.1 Å². The van der Waals surface area contributed by atoms with E-state index >= 15 is 0 Å². The maximum absolute atomic E-state index is 11.0. The molecule has 1 saturated carbocycles. The average molecular weight is 288 g/mol. The fraction of sp³-hybridized carbons (Fsp3) is 0.500. The van der Waals surface area contributed by atoms with Gasteiger partial charge in [-0.2, -0.15) is 5.26 Å². The minimum absolute atomic E-state index is 0.0567. The fourth-order valence-electron chi connectivity index (χ4n) is 2.56. The third-order valence-corrected chi connectivity index (χ3v) is 4.99. The summed E-state index contributed by atoms with van der Waals surface area (Å²) < 4.78 is 0. The lowest BCUT2D eigenvalue weighted by Crippen LogP contribution is -2.13. The molecule has 1 N–H and O–H groups in total. The van der Waals surface area contributed by atoms with Gasteiger partial charge in [0, 0.05) is 22.8 Å². The standard InChI is InChI=1S/C16H20N2OS/c1-12(19)18-14-7-9-15(10-8-14)20-16-6-4-2-3-5-13(16)11-17/h7-10,13,16H,2-6H2,1H3,(H,18,19). The van der Waals surface area contributed by atoms with Gasteiger partial charge in [0.2, 0.25) is 5.91 Å². The summed E-state index contributed by atoms with van der Waals surface area (Å²) in [6.45, 7) is 1.51. The van der Waals surface area contributed by atoms with E-state index < -0.39 is 0 Å². The molecule has 1 aromatic carbocycles. The number of anilines is 1. The van der Waals surface area contributed by atoms with Crippen molar-refractivity contribution in [3.05, 3.63) is 24.3 Å². The molecule has 0 radical (unpaired) electrons. The van der Waals surface area contributed by atoms with Gasteiger partial charge >= 0.3 is 0 Å². The summed E-state index contributed by atoms with van der Waals surface area (Å²) in [4.78, 5) is 12.2. The number of benzene rings is 1. The van der Waals surface area contributed by atoms with Gasteiger partial charge in [-0.1, -0.05) is 19.3 Å². The molecular formula is C16H20N2OS. The Hall–Kier alpha value is -1.47. The zero-order chi connectivity index (χ0) is 14.4. The highest BCUT2D eigenvalue weighted by molar-refractivity contribution is 8.00. The molecule has 0 heterocycles. The number of nitrogens with one attached hydrogen (secondary N) is 1. The molecule has 0 bridgehead atoms. The highest BCUT2D eigenvalue weighted by Gasteiger charge is 2.24. The van der Waals surface area contributed by atoms with E-state index in [1.54, 1.807) is 11.8 Å². The first kappa shape index (κ1) is 14.9. The fourth-order valence-corrected chi connectivity index (χ4v) is 3.85.